The van der Waals surface area contributed by atoms with Gasteiger partial charge in [0, 0.05) is 5.56 Å². The highest BCUT2D eigenvalue weighted by molar-refractivity contribution is 6.04. The van der Waals surface area contributed by atoms with E-state index in [2.05, 4.69) is 5.32 Å². The van der Waals surface area contributed by atoms with Crippen LogP contribution in [0.1, 0.15) is 10.4 Å². The Kier molecular flexibility index (Phi) is 4.52. The van der Waals surface area contributed by atoms with Crippen LogP contribution in [0.4, 0.5) is 14.5 Å². The number of nitrogens with one attached hydrogen (secondary N) is 1. The summed E-state index contributed by atoms with van der Waals surface area (Å²) in [6, 6.07) is 18.8. The summed E-state index contributed by atoms with van der Waals surface area (Å²) in [5, 5.41) is 2.24. The van der Waals surface area contributed by atoms with Gasteiger partial charge in [0.2, 0.25) is 0 Å². The van der Waals surface area contributed by atoms with Gasteiger partial charge in [0.25, 0.3) is 5.91 Å². The first-order valence-corrected chi connectivity index (χ1v) is 7.22. The van der Waals surface area contributed by atoms with Crippen molar-refractivity contribution < 1.29 is 18.3 Å². The van der Waals surface area contributed by atoms with Crippen LogP contribution in [0.2, 0.25) is 0 Å². The summed E-state index contributed by atoms with van der Waals surface area (Å²) in [6.07, 6.45) is 0. The Morgan fingerprint density at radius 1 is 0.792 bits per heavy atom. The molecule has 0 unspecified atom stereocenters. The molecule has 0 spiro atoms. The summed E-state index contributed by atoms with van der Waals surface area (Å²) in [4.78, 5) is 12.2. The molecule has 3 nitrogen and oxygen atoms in total. The van der Waals surface area contributed by atoms with Gasteiger partial charge in [-0.3, -0.25) is 4.79 Å². The molecule has 24 heavy (non-hydrogen) atoms. The third-order valence-electron chi connectivity index (χ3n) is 3.28. The second-order valence-electron chi connectivity index (χ2n) is 4.99. The number of para-hydroxylation sites is 2. The molecular weight excluding hydrogens is 312 g/mol. The van der Waals surface area contributed by atoms with Crippen molar-refractivity contribution in [2.24, 2.45) is 0 Å². The van der Waals surface area contributed by atoms with Gasteiger partial charge >= 0.3 is 0 Å². The first-order chi connectivity index (χ1) is 11.6. The number of anilines is 1. The molecule has 0 heterocycles. The van der Waals surface area contributed by atoms with Crippen LogP contribution in [0, 0.1) is 11.6 Å². The molecule has 5 heteroatoms. The molecule has 3 aromatic rings. The molecule has 0 aliphatic heterocycles. The molecule has 0 atom stereocenters. The maximum absolute atomic E-state index is 13.6. The molecule has 1 amide bonds. The van der Waals surface area contributed by atoms with E-state index >= 15 is 0 Å². The van der Waals surface area contributed by atoms with E-state index in [-0.39, 0.29) is 5.56 Å². The summed E-state index contributed by atoms with van der Waals surface area (Å²) in [7, 11) is 0. The van der Waals surface area contributed by atoms with Gasteiger partial charge in [-0.25, -0.2) is 8.78 Å². The summed E-state index contributed by atoms with van der Waals surface area (Å²) >= 11 is 0. The minimum absolute atomic E-state index is 0.228. The minimum atomic E-state index is -0.833. The lowest BCUT2D eigenvalue weighted by Crippen LogP contribution is -2.14. The van der Waals surface area contributed by atoms with Crippen molar-refractivity contribution in [1.29, 1.82) is 0 Å². The van der Waals surface area contributed by atoms with Crippen molar-refractivity contribution in [3.05, 3.63) is 90.0 Å². The first-order valence-electron chi connectivity index (χ1n) is 7.22. The van der Waals surface area contributed by atoms with E-state index in [4.69, 9.17) is 4.74 Å². The molecule has 3 rings (SSSR count). The Hall–Kier alpha value is -3.21. The lowest BCUT2D eigenvalue weighted by molar-refractivity contribution is 0.102. The normalized spacial score (nSPS) is 10.2. The zero-order valence-corrected chi connectivity index (χ0v) is 12.5. The quantitative estimate of drug-likeness (QED) is 0.732. The fraction of sp³-hybridized carbons (Fsp3) is 0. The van der Waals surface area contributed by atoms with Crippen molar-refractivity contribution >= 4 is 11.6 Å². The van der Waals surface area contributed by atoms with Crippen LogP contribution < -0.4 is 10.1 Å². The predicted octanol–water partition coefficient (Wildman–Crippen LogP) is 5.01. The Labute approximate surface area is 137 Å². The number of benzene rings is 3. The second kappa shape index (κ2) is 6.91. The van der Waals surface area contributed by atoms with Gasteiger partial charge in [0.15, 0.2) is 0 Å². The topological polar surface area (TPSA) is 38.3 Å². The average Bonchev–Trinajstić information content (AvgIpc) is 2.59. The highest BCUT2D eigenvalue weighted by Crippen LogP contribution is 2.23. The number of carbonyl (C=O) groups excluding carboxylic acids is 1. The number of amides is 1. The Morgan fingerprint density at radius 3 is 2.12 bits per heavy atom. The Bertz CT molecular complexity index is 846. The van der Waals surface area contributed by atoms with Gasteiger partial charge in [-0.2, -0.15) is 0 Å². The molecule has 120 valence electrons. The van der Waals surface area contributed by atoms with Gasteiger partial charge in [-0.15, -0.1) is 0 Å². The first kappa shape index (κ1) is 15.7. The smallest absolute Gasteiger partial charge is 0.255 e. The van der Waals surface area contributed by atoms with Crippen LogP contribution in [0.3, 0.4) is 0 Å². The Morgan fingerprint density at radius 2 is 1.42 bits per heavy atom. The van der Waals surface area contributed by atoms with Crippen LogP contribution >= 0.6 is 0 Å². The third kappa shape index (κ3) is 3.57. The SMILES string of the molecule is O=C(Nc1c(F)cccc1F)c1cccc(Oc2ccccc2)c1. The van der Waals surface area contributed by atoms with Crippen molar-refractivity contribution in [2.45, 2.75) is 0 Å². The fourth-order valence-corrected chi connectivity index (χ4v) is 2.13. The van der Waals surface area contributed by atoms with Crippen molar-refractivity contribution in [1.82, 2.24) is 0 Å². The number of hydrogen-bond acceptors (Lipinski definition) is 2. The molecule has 0 aliphatic rings. The molecular formula is C19H13F2NO2. The van der Waals surface area contributed by atoms with E-state index in [1.54, 1.807) is 24.3 Å². The zero-order valence-electron chi connectivity index (χ0n) is 12.5. The molecule has 0 radical (unpaired) electrons. The minimum Gasteiger partial charge on any atom is -0.457 e. The standard InChI is InChI=1S/C19H13F2NO2/c20-16-10-5-11-17(21)18(16)22-19(23)13-6-4-9-15(12-13)24-14-7-2-1-3-8-14/h1-12H,(H,22,23). The predicted molar refractivity (Wildman–Crippen MR) is 87.3 cm³/mol. The van der Waals surface area contributed by atoms with Gasteiger partial charge in [0.05, 0.1) is 0 Å². The summed E-state index contributed by atoms with van der Waals surface area (Å²) < 4.78 is 32.9. The highest BCUT2D eigenvalue weighted by atomic mass is 19.1. The number of rotatable bonds is 4. The number of halogens is 2. The maximum Gasteiger partial charge on any atom is 0.255 e. The number of carbonyl (C=O) groups is 1. The lowest BCUT2D eigenvalue weighted by atomic mass is 10.2. The summed E-state index contributed by atoms with van der Waals surface area (Å²) in [6.45, 7) is 0. The largest absolute Gasteiger partial charge is 0.457 e. The maximum atomic E-state index is 13.6. The lowest BCUT2D eigenvalue weighted by Gasteiger charge is -2.09. The van der Waals surface area contributed by atoms with Crippen molar-refractivity contribution in [3.63, 3.8) is 0 Å². The molecule has 0 saturated heterocycles. The fourth-order valence-electron chi connectivity index (χ4n) is 2.13. The van der Waals surface area contributed by atoms with Crippen molar-refractivity contribution in [2.75, 3.05) is 5.32 Å². The van der Waals surface area contributed by atoms with E-state index in [9.17, 15) is 13.6 Å². The zero-order chi connectivity index (χ0) is 16.9. The van der Waals surface area contributed by atoms with Crippen molar-refractivity contribution in [3.8, 4) is 11.5 Å². The average molecular weight is 325 g/mol. The summed E-state index contributed by atoms with van der Waals surface area (Å²) in [5.41, 5.74) is -0.247. The summed E-state index contributed by atoms with van der Waals surface area (Å²) in [5.74, 6) is -1.23. The van der Waals surface area contributed by atoms with E-state index in [1.165, 1.54) is 18.2 Å². The molecule has 0 fully saturated rings. The van der Waals surface area contributed by atoms with Crippen LogP contribution in [-0.4, -0.2) is 5.91 Å². The van der Waals surface area contributed by atoms with Gasteiger partial charge in [-0.05, 0) is 42.5 Å². The van der Waals surface area contributed by atoms with Gasteiger partial charge in [-0.1, -0.05) is 30.3 Å². The third-order valence-corrected chi connectivity index (χ3v) is 3.28. The molecule has 0 bridgehead atoms. The molecule has 0 saturated carbocycles. The number of ether oxygens (including phenoxy) is 1. The van der Waals surface area contributed by atoms with E-state index in [1.807, 2.05) is 18.2 Å². The van der Waals surface area contributed by atoms with E-state index < -0.39 is 23.2 Å². The van der Waals surface area contributed by atoms with E-state index in [0.717, 1.165) is 12.1 Å². The van der Waals surface area contributed by atoms with Crippen LogP contribution in [0.5, 0.6) is 11.5 Å². The molecule has 3 aromatic carbocycles. The second-order valence-corrected chi connectivity index (χ2v) is 4.99. The number of hydrogen-bond donors (Lipinski definition) is 1. The molecule has 1 N–H and O–H groups in total. The Balaban J connectivity index is 1.80. The van der Waals surface area contributed by atoms with Crippen LogP contribution in [-0.2, 0) is 0 Å². The highest BCUT2D eigenvalue weighted by Gasteiger charge is 2.14. The molecule has 0 aliphatic carbocycles. The molecule has 0 aromatic heterocycles. The van der Waals surface area contributed by atoms with Crippen LogP contribution in [0.15, 0.2) is 72.8 Å². The van der Waals surface area contributed by atoms with E-state index in [0.29, 0.717) is 11.5 Å². The van der Waals surface area contributed by atoms with Crippen LogP contribution in [0.25, 0.3) is 0 Å². The van der Waals surface area contributed by atoms with Gasteiger partial charge < -0.3 is 10.1 Å². The van der Waals surface area contributed by atoms with Gasteiger partial charge in [0.1, 0.15) is 28.8 Å². The monoisotopic (exact) mass is 325 g/mol.